The second-order valence-corrected chi connectivity index (χ2v) is 7.41. The largest absolute Gasteiger partial charge is 0.364 e. The first-order valence-corrected chi connectivity index (χ1v) is 9.48. The van der Waals surface area contributed by atoms with Crippen LogP contribution in [0.15, 0.2) is 24.4 Å². The molecule has 1 aromatic carbocycles. The molecule has 28 heavy (non-hydrogen) atoms. The van der Waals surface area contributed by atoms with Crippen LogP contribution in [0.25, 0.3) is 0 Å². The summed E-state index contributed by atoms with van der Waals surface area (Å²) in [5.41, 5.74) is 6.34. The Hall–Kier alpha value is -2.52. The Bertz CT molecular complexity index is 825. The second kappa shape index (κ2) is 9.11. The van der Waals surface area contributed by atoms with Crippen molar-refractivity contribution in [2.24, 2.45) is 11.7 Å². The van der Waals surface area contributed by atoms with Gasteiger partial charge in [-0.3, -0.25) is 10.1 Å². The lowest BCUT2D eigenvalue weighted by atomic mass is 9.86. The summed E-state index contributed by atoms with van der Waals surface area (Å²) in [4.78, 5) is 19.0. The Morgan fingerprint density at radius 2 is 2.00 bits per heavy atom. The zero-order valence-corrected chi connectivity index (χ0v) is 16.0. The Morgan fingerprint density at radius 1 is 1.25 bits per heavy atom. The summed E-state index contributed by atoms with van der Waals surface area (Å²) in [5, 5.41) is 17.6. The third kappa shape index (κ3) is 5.49. The number of aromatic nitrogens is 2. The van der Waals surface area contributed by atoms with Crippen LogP contribution in [0.1, 0.15) is 31.2 Å². The van der Waals surface area contributed by atoms with E-state index in [9.17, 15) is 14.5 Å². The molecule has 0 radical (unpaired) electrons. The van der Waals surface area contributed by atoms with Gasteiger partial charge < -0.3 is 16.4 Å². The molecule has 0 aliphatic heterocycles. The van der Waals surface area contributed by atoms with Gasteiger partial charge in [-0.15, -0.1) is 0 Å². The number of nitrogens with one attached hydrogen (secondary N) is 2. The highest BCUT2D eigenvalue weighted by atomic mass is 35.5. The number of hydrogen-bond acceptors (Lipinski definition) is 7. The first-order chi connectivity index (χ1) is 13.4. The molecule has 2 aromatic rings. The van der Waals surface area contributed by atoms with Crippen LogP contribution in [-0.4, -0.2) is 27.5 Å². The predicted octanol–water partition coefficient (Wildman–Crippen LogP) is 3.72. The molecule has 1 fully saturated rings. The maximum absolute atomic E-state index is 13.4. The van der Waals surface area contributed by atoms with Crippen molar-refractivity contribution in [2.45, 2.75) is 38.3 Å². The molecular formula is C18H22ClFN6O2. The van der Waals surface area contributed by atoms with E-state index in [0.717, 1.165) is 31.9 Å². The highest BCUT2D eigenvalue weighted by molar-refractivity contribution is 6.30. The minimum absolute atomic E-state index is 0.162. The van der Waals surface area contributed by atoms with Gasteiger partial charge in [0.25, 0.3) is 0 Å². The minimum atomic E-state index is -0.519. The van der Waals surface area contributed by atoms with E-state index in [0.29, 0.717) is 18.0 Å². The second-order valence-electron chi connectivity index (χ2n) is 6.98. The zero-order valence-electron chi connectivity index (χ0n) is 15.2. The van der Waals surface area contributed by atoms with Crippen molar-refractivity contribution in [2.75, 3.05) is 17.2 Å². The van der Waals surface area contributed by atoms with Crippen molar-refractivity contribution in [3.05, 3.63) is 50.9 Å². The number of hydrogen-bond donors (Lipinski definition) is 3. The van der Waals surface area contributed by atoms with Crippen LogP contribution in [-0.2, 0) is 6.54 Å². The van der Waals surface area contributed by atoms with Crippen LogP contribution in [0.5, 0.6) is 0 Å². The van der Waals surface area contributed by atoms with Crippen molar-refractivity contribution in [1.82, 2.24) is 9.97 Å². The number of halogens is 2. The van der Waals surface area contributed by atoms with Gasteiger partial charge in [-0.05, 0) is 55.4 Å². The van der Waals surface area contributed by atoms with Gasteiger partial charge in [-0.1, -0.05) is 11.6 Å². The third-order valence-corrected chi connectivity index (χ3v) is 5.01. The number of nitro groups is 1. The van der Waals surface area contributed by atoms with Crippen molar-refractivity contribution < 1.29 is 9.31 Å². The molecule has 0 saturated heterocycles. The Kier molecular flexibility index (Phi) is 6.58. The normalized spacial score (nSPS) is 19.2. The highest BCUT2D eigenvalue weighted by Crippen LogP contribution is 2.26. The van der Waals surface area contributed by atoms with Gasteiger partial charge in [0.1, 0.15) is 12.0 Å². The molecule has 3 rings (SSSR count). The predicted molar refractivity (Wildman–Crippen MR) is 106 cm³/mol. The average molecular weight is 409 g/mol. The van der Waals surface area contributed by atoms with Crippen LogP contribution in [0.3, 0.4) is 0 Å². The fourth-order valence-corrected chi connectivity index (χ4v) is 3.50. The minimum Gasteiger partial charge on any atom is -0.364 e. The molecule has 0 atom stereocenters. The Morgan fingerprint density at radius 3 is 2.68 bits per heavy atom. The van der Waals surface area contributed by atoms with Crippen LogP contribution in [0, 0.1) is 21.8 Å². The topological polar surface area (TPSA) is 119 Å². The summed E-state index contributed by atoms with van der Waals surface area (Å²) in [5.74, 6) is 0.331. The van der Waals surface area contributed by atoms with Gasteiger partial charge in [-0.25, -0.2) is 9.37 Å². The maximum atomic E-state index is 13.4. The van der Waals surface area contributed by atoms with Crippen molar-refractivity contribution in [3.63, 3.8) is 0 Å². The van der Waals surface area contributed by atoms with Gasteiger partial charge in [0, 0.05) is 24.2 Å². The molecule has 0 spiro atoms. The lowest BCUT2D eigenvalue weighted by molar-refractivity contribution is -0.384. The monoisotopic (exact) mass is 408 g/mol. The molecule has 0 bridgehead atoms. The zero-order chi connectivity index (χ0) is 20.1. The van der Waals surface area contributed by atoms with Crippen LogP contribution >= 0.6 is 11.6 Å². The van der Waals surface area contributed by atoms with Gasteiger partial charge in [0.05, 0.1) is 4.92 Å². The number of rotatable bonds is 7. The van der Waals surface area contributed by atoms with E-state index in [2.05, 4.69) is 20.6 Å². The van der Waals surface area contributed by atoms with Crippen molar-refractivity contribution >= 4 is 29.1 Å². The Balaban J connectivity index is 1.67. The lowest BCUT2D eigenvalue weighted by Crippen LogP contribution is -2.29. The van der Waals surface area contributed by atoms with Crippen molar-refractivity contribution in [3.8, 4) is 0 Å². The summed E-state index contributed by atoms with van der Waals surface area (Å²) in [6.45, 7) is 0.818. The molecule has 1 aromatic heterocycles. The van der Waals surface area contributed by atoms with Gasteiger partial charge in [0.2, 0.25) is 11.8 Å². The quantitative estimate of drug-likeness (QED) is 0.471. The standard InChI is InChI=1S/C18H22ClFN6O2/c19-13-5-12(6-14(20)7-13)9-23-18-24-10-16(26(27)28)17(25-18)22-8-11-1-3-15(21)4-2-11/h5-7,10-11,15H,1-4,8-9,21H2,(H2,22,23,24,25)/t11-,15-. The molecule has 150 valence electrons. The van der Waals surface area contributed by atoms with Gasteiger partial charge in [-0.2, -0.15) is 4.98 Å². The fourth-order valence-electron chi connectivity index (χ4n) is 3.25. The average Bonchev–Trinajstić information content (AvgIpc) is 2.65. The molecule has 0 unspecified atom stereocenters. The molecule has 1 aliphatic carbocycles. The highest BCUT2D eigenvalue weighted by Gasteiger charge is 2.21. The Labute approximate surface area is 166 Å². The molecule has 1 saturated carbocycles. The molecule has 1 heterocycles. The first-order valence-electron chi connectivity index (χ1n) is 9.10. The maximum Gasteiger partial charge on any atom is 0.329 e. The molecule has 0 amide bonds. The molecule has 4 N–H and O–H groups in total. The van der Waals surface area contributed by atoms with E-state index in [-0.39, 0.29) is 35.1 Å². The third-order valence-electron chi connectivity index (χ3n) is 4.79. The SMILES string of the molecule is N[C@H]1CC[C@H](CNc2nc(NCc3cc(F)cc(Cl)c3)ncc2[N+](=O)[O-])CC1. The number of benzene rings is 1. The fraction of sp³-hybridized carbons (Fsp3) is 0.444. The lowest BCUT2D eigenvalue weighted by Gasteiger charge is -2.26. The molecular weight excluding hydrogens is 387 g/mol. The number of nitrogens with two attached hydrogens (primary N) is 1. The summed E-state index contributed by atoms with van der Waals surface area (Å²) in [6.07, 6.45) is 5.05. The van der Waals surface area contributed by atoms with E-state index in [4.69, 9.17) is 17.3 Å². The summed E-state index contributed by atoms with van der Waals surface area (Å²) in [6, 6.07) is 4.43. The summed E-state index contributed by atoms with van der Waals surface area (Å²) in [7, 11) is 0. The number of anilines is 2. The van der Waals surface area contributed by atoms with E-state index in [1.165, 1.54) is 12.1 Å². The van der Waals surface area contributed by atoms with Crippen molar-refractivity contribution in [1.29, 1.82) is 0 Å². The van der Waals surface area contributed by atoms with E-state index < -0.39 is 10.7 Å². The van der Waals surface area contributed by atoms with Crippen LogP contribution < -0.4 is 16.4 Å². The first kappa shape index (κ1) is 20.2. The summed E-state index contributed by atoms with van der Waals surface area (Å²) < 4.78 is 13.4. The summed E-state index contributed by atoms with van der Waals surface area (Å²) >= 11 is 5.84. The molecule has 1 aliphatic rings. The molecule has 10 heteroatoms. The van der Waals surface area contributed by atoms with Crippen LogP contribution in [0.2, 0.25) is 5.02 Å². The van der Waals surface area contributed by atoms with E-state index in [1.54, 1.807) is 6.07 Å². The number of nitrogens with zero attached hydrogens (tertiary/aromatic N) is 3. The van der Waals surface area contributed by atoms with E-state index in [1.807, 2.05) is 0 Å². The molecule has 8 nitrogen and oxygen atoms in total. The van der Waals surface area contributed by atoms with Crippen LogP contribution in [0.4, 0.5) is 21.8 Å². The van der Waals surface area contributed by atoms with Gasteiger partial charge >= 0.3 is 5.69 Å². The van der Waals surface area contributed by atoms with E-state index >= 15 is 0 Å². The smallest absolute Gasteiger partial charge is 0.329 e. The van der Waals surface area contributed by atoms with Gasteiger partial charge in [0.15, 0.2) is 0 Å².